The summed E-state index contributed by atoms with van der Waals surface area (Å²) in [4.78, 5) is 26.6. The van der Waals surface area contributed by atoms with E-state index in [4.69, 9.17) is 9.47 Å². The Balaban J connectivity index is 1.76. The molecule has 1 amide bonds. The number of carbonyl (C=O) groups excluding carboxylic acids is 2. The van der Waals surface area contributed by atoms with Crippen molar-refractivity contribution in [3.05, 3.63) is 45.8 Å². The molecular weight excluding hydrogens is 422 g/mol. The molecule has 0 aliphatic heterocycles. The molecule has 1 aliphatic rings. The first-order chi connectivity index (χ1) is 15.1. The predicted octanol–water partition coefficient (Wildman–Crippen LogP) is 6.22. The number of hydrogen-bond acceptors (Lipinski definition) is 5. The van der Waals surface area contributed by atoms with Gasteiger partial charge in [-0.05, 0) is 66.7 Å². The van der Waals surface area contributed by atoms with E-state index >= 15 is 0 Å². The van der Waals surface area contributed by atoms with Gasteiger partial charge in [-0.2, -0.15) is 0 Å². The van der Waals surface area contributed by atoms with Gasteiger partial charge in [0.25, 0.3) is 5.91 Å². The van der Waals surface area contributed by atoms with Gasteiger partial charge in [0.1, 0.15) is 10.8 Å². The lowest BCUT2D eigenvalue weighted by Crippen LogP contribution is -2.26. The van der Waals surface area contributed by atoms with Gasteiger partial charge in [-0.3, -0.25) is 4.79 Å². The SMILES string of the molecule is CCOC(=O)c1c(NC(=O)COc2cccc(C(C)C)c2)sc2c1CCC(C(C)(C)C)C2. The van der Waals surface area contributed by atoms with Crippen LogP contribution in [0.4, 0.5) is 5.00 Å². The summed E-state index contributed by atoms with van der Waals surface area (Å²) in [5.41, 5.74) is 2.92. The average Bonchev–Trinajstić information content (AvgIpc) is 3.09. The molecule has 2 aromatic rings. The number of amides is 1. The van der Waals surface area contributed by atoms with E-state index < -0.39 is 0 Å². The van der Waals surface area contributed by atoms with Gasteiger partial charge in [0, 0.05) is 4.88 Å². The Morgan fingerprint density at radius 1 is 1.25 bits per heavy atom. The zero-order chi connectivity index (χ0) is 23.5. The summed E-state index contributed by atoms with van der Waals surface area (Å²) in [6, 6.07) is 7.78. The number of anilines is 1. The van der Waals surface area contributed by atoms with Crippen LogP contribution in [-0.2, 0) is 22.4 Å². The molecule has 1 unspecified atom stereocenters. The van der Waals surface area contributed by atoms with E-state index in [1.165, 1.54) is 16.2 Å². The second kappa shape index (κ2) is 10.1. The topological polar surface area (TPSA) is 64.6 Å². The monoisotopic (exact) mass is 457 g/mol. The highest BCUT2D eigenvalue weighted by Gasteiger charge is 2.34. The number of benzene rings is 1. The normalized spacial score (nSPS) is 15.9. The van der Waals surface area contributed by atoms with Crippen molar-refractivity contribution in [2.75, 3.05) is 18.5 Å². The van der Waals surface area contributed by atoms with E-state index in [-0.39, 0.29) is 23.9 Å². The van der Waals surface area contributed by atoms with Crippen molar-refractivity contribution in [3.63, 3.8) is 0 Å². The standard InChI is InChI=1S/C26H35NO4S/c1-7-30-25(29)23-20-12-11-18(26(4,5)6)14-21(20)32-24(23)27-22(28)15-31-19-10-8-9-17(13-19)16(2)3/h8-10,13,16,18H,7,11-12,14-15H2,1-6H3,(H,27,28). The molecule has 32 heavy (non-hydrogen) atoms. The van der Waals surface area contributed by atoms with E-state index in [1.807, 2.05) is 24.3 Å². The van der Waals surface area contributed by atoms with Gasteiger partial charge < -0.3 is 14.8 Å². The van der Waals surface area contributed by atoms with Crippen molar-refractivity contribution in [1.29, 1.82) is 0 Å². The van der Waals surface area contributed by atoms with Crippen LogP contribution in [-0.4, -0.2) is 25.1 Å². The summed E-state index contributed by atoms with van der Waals surface area (Å²) in [5.74, 6) is 0.949. The van der Waals surface area contributed by atoms with Crippen LogP contribution in [0.15, 0.2) is 24.3 Å². The highest BCUT2D eigenvalue weighted by molar-refractivity contribution is 7.17. The Bertz CT molecular complexity index is 971. The first-order valence-electron chi connectivity index (χ1n) is 11.4. The summed E-state index contributed by atoms with van der Waals surface area (Å²) < 4.78 is 11.0. The number of nitrogens with one attached hydrogen (secondary N) is 1. The number of rotatable bonds is 7. The quantitative estimate of drug-likeness (QED) is 0.502. The first-order valence-corrected chi connectivity index (χ1v) is 12.3. The van der Waals surface area contributed by atoms with Crippen LogP contribution in [0.3, 0.4) is 0 Å². The minimum Gasteiger partial charge on any atom is -0.484 e. The zero-order valence-electron chi connectivity index (χ0n) is 20.0. The minimum atomic E-state index is -0.361. The van der Waals surface area contributed by atoms with E-state index in [0.717, 1.165) is 30.4 Å². The molecule has 1 aromatic carbocycles. The number of hydrogen-bond donors (Lipinski definition) is 1. The molecule has 0 spiro atoms. The van der Waals surface area contributed by atoms with Gasteiger partial charge in [0.05, 0.1) is 12.2 Å². The molecular formula is C26H35NO4S. The second-order valence-electron chi connectivity index (χ2n) is 9.80. The van der Waals surface area contributed by atoms with E-state index in [9.17, 15) is 9.59 Å². The molecule has 0 radical (unpaired) electrons. The third-order valence-electron chi connectivity index (χ3n) is 6.12. The number of ether oxygens (including phenoxy) is 2. The van der Waals surface area contributed by atoms with E-state index in [0.29, 0.717) is 34.8 Å². The molecule has 0 fully saturated rings. The Morgan fingerprint density at radius 3 is 2.66 bits per heavy atom. The van der Waals surface area contributed by atoms with Gasteiger partial charge in [-0.25, -0.2) is 4.79 Å². The van der Waals surface area contributed by atoms with Crippen molar-refractivity contribution in [2.45, 2.75) is 66.7 Å². The van der Waals surface area contributed by atoms with Gasteiger partial charge in [-0.1, -0.05) is 46.8 Å². The molecule has 1 atom stereocenters. The molecule has 1 aromatic heterocycles. The lowest BCUT2D eigenvalue weighted by Gasteiger charge is -2.33. The molecule has 0 bridgehead atoms. The van der Waals surface area contributed by atoms with E-state index in [2.05, 4.69) is 39.9 Å². The third kappa shape index (κ3) is 5.71. The molecule has 1 heterocycles. The first kappa shape index (κ1) is 24.3. The van der Waals surface area contributed by atoms with Crippen LogP contribution < -0.4 is 10.1 Å². The number of carbonyl (C=O) groups is 2. The summed E-state index contributed by atoms with van der Waals surface area (Å²) in [6.45, 7) is 13.0. The van der Waals surface area contributed by atoms with Crippen molar-refractivity contribution in [3.8, 4) is 5.75 Å². The van der Waals surface area contributed by atoms with Gasteiger partial charge in [-0.15, -0.1) is 11.3 Å². The maximum absolute atomic E-state index is 12.7. The van der Waals surface area contributed by atoms with Crippen molar-refractivity contribution >= 4 is 28.2 Å². The molecule has 5 nitrogen and oxygen atoms in total. The van der Waals surface area contributed by atoms with Crippen LogP contribution in [0.5, 0.6) is 5.75 Å². The molecule has 1 aliphatic carbocycles. The molecule has 6 heteroatoms. The number of thiophene rings is 1. The van der Waals surface area contributed by atoms with Gasteiger partial charge in [0.2, 0.25) is 0 Å². The summed E-state index contributed by atoms with van der Waals surface area (Å²) >= 11 is 1.50. The maximum Gasteiger partial charge on any atom is 0.341 e. The predicted molar refractivity (Wildman–Crippen MR) is 130 cm³/mol. The summed E-state index contributed by atoms with van der Waals surface area (Å²) in [6.07, 6.45) is 2.78. The van der Waals surface area contributed by atoms with Crippen LogP contribution in [0.2, 0.25) is 0 Å². The second-order valence-corrected chi connectivity index (χ2v) is 10.9. The molecule has 0 saturated heterocycles. The Morgan fingerprint density at radius 2 is 2.00 bits per heavy atom. The molecule has 0 saturated carbocycles. The average molecular weight is 458 g/mol. The lowest BCUT2D eigenvalue weighted by atomic mass is 9.72. The number of fused-ring (bicyclic) bond motifs is 1. The largest absolute Gasteiger partial charge is 0.484 e. The smallest absolute Gasteiger partial charge is 0.341 e. The van der Waals surface area contributed by atoms with E-state index in [1.54, 1.807) is 6.92 Å². The lowest BCUT2D eigenvalue weighted by molar-refractivity contribution is -0.118. The Hall–Kier alpha value is -2.34. The van der Waals surface area contributed by atoms with Gasteiger partial charge in [0.15, 0.2) is 6.61 Å². The summed E-state index contributed by atoms with van der Waals surface area (Å²) in [5, 5.41) is 3.50. The van der Waals surface area contributed by atoms with Crippen molar-refractivity contribution < 1.29 is 19.1 Å². The highest BCUT2D eigenvalue weighted by atomic mass is 32.1. The molecule has 174 valence electrons. The molecule has 1 N–H and O–H groups in total. The third-order valence-corrected chi connectivity index (χ3v) is 7.29. The maximum atomic E-state index is 12.7. The minimum absolute atomic E-state index is 0.114. The fourth-order valence-electron chi connectivity index (χ4n) is 4.11. The van der Waals surface area contributed by atoms with Crippen LogP contribution in [0.25, 0.3) is 0 Å². The fraction of sp³-hybridized carbons (Fsp3) is 0.538. The van der Waals surface area contributed by atoms with Crippen LogP contribution >= 0.6 is 11.3 Å². The zero-order valence-corrected chi connectivity index (χ0v) is 20.9. The van der Waals surface area contributed by atoms with Gasteiger partial charge >= 0.3 is 5.97 Å². The van der Waals surface area contributed by atoms with Crippen molar-refractivity contribution in [1.82, 2.24) is 0 Å². The van der Waals surface area contributed by atoms with Crippen LogP contribution in [0, 0.1) is 11.3 Å². The number of esters is 1. The Labute approximate surface area is 195 Å². The Kier molecular flexibility index (Phi) is 7.65. The van der Waals surface area contributed by atoms with Crippen molar-refractivity contribution in [2.24, 2.45) is 11.3 Å². The highest BCUT2D eigenvalue weighted by Crippen LogP contribution is 2.44. The fourth-order valence-corrected chi connectivity index (χ4v) is 5.44. The molecule has 3 rings (SSSR count). The van der Waals surface area contributed by atoms with Crippen LogP contribution in [0.1, 0.15) is 80.2 Å². The summed E-state index contributed by atoms with van der Waals surface area (Å²) in [7, 11) is 0.